The zero-order valence-electron chi connectivity index (χ0n) is 17.4. The van der Waals surface area contributed by atoms with Crippen molar-refractivity contribution in [2.45, 2.75) is 13.3 Å². The fraction of sp³-hybridized carbons (Fsp3) is 0.304. The third-order valence-corrected chi connectivity index (χ3v) is 4.69. The van der Waals surface area contributed by atoms with Gasteiger partial charge in [-0.05, 0) is 43.2 Å². The summed E-state index contributed by atoms with van der Waals surface area (Å²) in [5.74, 6) is 0.670. The second kappa shape index (κ2) is 9.93. The standard InChI is InChI=1S/C23H26N2O5/c1-4-30-18-11-9-16(10-12-18)20-21(24-17-7-5-8-19(15-17)29-3)23(27)25(22(20)26)13-6-14-28-2/h5,7-12,15,24H,4,6,13-14H2,1-3H3. The second-order valence-corrected chi connectivity index (χ2v) is 6.67. The Labute approximate surface area is 176 Å². The van der Waals surface area contributed by atoms with Crippen molar-refractivity contribution in [2.75, 3.05) is 39.3 Å². The zero-order chi connectivity index (χ0) is 21.5. The minimum atomic E-state index is -0.359. The number of carbonyl (C=O) groups excluding carboxylic acids is 2. The molecule has 0 bridgehead atoms. The van der Waals surface area contributed by atoms with E-state index in [4.69, 9.17) is 14.2 Å². The molecule has 2 aromatic carbocycles. The number of rotatable bonds is 10. The van der Waals surface area contributed by atoms with Gasteiger partial charge in [0.05, 0.1) is 19.3 Å². The molecule has 7 heteroatoms. The molecule has 2 aromatic rings. The number of imide groups is 1. The molecule has 0 fully saturated rings. The number of amides is 2. The van der Waals surface area contributed by atoms with Gasteiger partial charge >= 0.3 is 0 Å². The van der Waals surface area contributed by atoms with Crippen LogP contribution in [0.1, 0.15) is 18.9 Å². The number of carbonyl (C=O) groups is 2. The van der Waals surface area contributed by atoms with E-state index in [1.54, 1.807) is 44.6 Å². The molecular weight excluding hydrogens is 384 g/mol. The number of ether oxygens (including phenoxy) is 3. The molecule has 1 heterocycles. The Morgan fingerprint density at radius 2 is 1.73 bits per heavy atom. The Kier molecular flexibility index (Phi) is 7.08. The number of benzene rings is 2. The minimum absolute atomic E-state index is 0.245. The molecule has 0 saturated heterocycles. The average Bonchev–Trinajstić information content (AvgIpc) is 2.99. The number of methoxy groups -OCH3 is 2. The van der Waals surface area contributed by atoms with Gasteiger partial charge in [-0.15, -0.1) is 0 Å². The van der Waals surface area contributed by atoms with Crippen molar-refractivity contribution in [1.29, 1.82) is 0 Å². The van der Waals surface area contributed by atoms with Crippen molar-refractivity contribution in [3.63, 3.8) is 0 Å². The highest BCUT2D eigenvalue weighted by molar-refractivity contribution is 6.36. The summed E-state index contributed by atoms with van der Waals surface area (Å²) < 4.78 is 15.8. The molecule has 1 aliphatic rings. The first-order valence-electron chi connectivity index (χ1n) is 9.82. The van der Waals surface area contributed by atoms with Crippen molar-refractivity contribution in [3.05, 3.63) is 59.8 Å². The molecule has 2 amide bonds. The summed E-state index contributed by atoms with van der Waals surface area (Å²) in [4.78, 5) is 27.5. The van der Waals surface area contributed by atoms with Crippen LogP contribution in [0, 0.1) is 0 Å². The maximum Gasteiger partial charge on any atom is 0.278 e. The Morgan fingerprint density at radius 3 is 2.40 bits per heavy atom. The molecule has 7 nitrogen and oxygen atoms in total. The monoisotopic (exact) mass is 410 g/mol. The van der Waals surface area contributed by atoms with Gasteiger partial charge in [0.2, 0.25) is 0 Å². The average molecular weight is 410 g/mol. The molecule has 158 valence electrons. The Hall–Kier alpha value is -3.32. The first-order chi connectivity index (χ1) is 14.6. The van der Waals surface area contributed by atoms with E-state index in [1.807, 2.05) is 25.1 Å². The van der Waals surface area contributed by atoms with Crippen LogP contribution >= 0.6 is 0 Å². The normalized spacial score (nSPS) is 13.8. The van der Waals surface area contributed by atoms with Crippen LogP contribution < -0.4 is 14.8 Å². The van der Waals surface area contributed by atoms with Gasteiger partial charge in [-0.25, -0.2) is 0 Å². The third-order valence-electron chi connectivity index (χ3n) is 4.69. The Balaban J connectivity index is 1.97. The highest BCUT2D eigenvalue weighted by atomic mass is 16.5. The van der Waals surface area contributed by atoms with E-state index in [9.17, 15) is 9.59 Å². The van der Waals surface area contributed by atoms with Crippen molar-refractivity contribution < 1.29 is 23.8 Å². The molecule has 0 unspecified atom stereocenters. The van der Waals surface area contributed by atoms with Crippen LogP contribution in [-0.2, 0) is 14.3 Å². The molecule has 0 atom stereocenters. The molecule has 30 heavy (non-hydrogen) atoms. The minimum Gasteiger partial charge on any atom is -0.497 e. The van der Waals surface area contributed by atoms with Crippen molar-refractivity contribution in [2.24, 2.45) is 0 Å². The van der Waals surface area contributed by atoms with Crippen LogP contribution in [0.3, 0.4) is 0 Å². The summed E-state index contributed by atoms with van der Waals surface area (Å²) in [5, 5.41) is 3.13. The molecule has 0 radical (unpaired) electrons. The van der Waals surface area contributed by atoms with Gasteiger partial charge in [-0.1, -0.05) is 18.2 Å². The van der Waals surface area contributed by atoms with Crippen molar-refractivity contribution in [3.8, 4) is 11.5 Å². The van der Waals surface area contributed by atoms with Crippen LogP contribution in [0.15, 0.2) is 54.2 Å². The van der Waals surface area contributed by atoms with E-state index in [2.05, 4.69) is 5.32 Å². The van der Waals surface area contributed by atoms with Gasteiger partial charge in [0, 0.05) is 32.0 Å². The number of anilines is 1. The van der Waals surface area contributed by atoms with Crippen LogP contribution in [0.2, 0.25) is 0 Å². The fourth-order valence-electron chi connectivity index (χ4n) is 3.26. The van der Waals surface area contributed by atoms with Gasteiger partial charge in [0.1, 0.15) is 17.2 Å². The highest BCUT2D eigenvalue weighted by Crippen LogP contribution is 2.32. The smallest absolute Gasteiger partial charge is 0.278 e. The molecular formula is C23H26N2O5. The molecule has 0 aromatic heterocycles. The Morgan fingerprint density at radius 1 is 0.967 bits per heavy atom. The fourth-order valence-corrected chi connectivity index (χ4v) is 3.26. The van der Waals surface area contributed by atoms with Crippen molar-refractivity contribution >= 4 is 23.1 Å². The van der Waals surface area contributed by atoms with Crippen LogP contribution in [0.5, 0.6) is 11.5 Å². The lowest BCUT2D eigenvalue weighted by Crippen LogP contribution is -2.33. The lowest BCUT2D eigenvalue weighted by Gasteiger charge is -2.15. The summed E-state index contributed by atoms with van der Waals surface area (Å²) >= 11 is 0. The van der Waals surface area contributed by atoms with E-state index in [-0.39, 0.29) is 24.1 Å². The quantitative estimate of drug-likeness (QED) is 0.478. The highest BCUT2D eigenvalue weighted by Gasteiger charge is 2.38. The van der Waals surface area contributed by atoms with Crippen LogP contribution in [0.4, 0.5) is 5.69 Å². The van der Waals surface area contributed by atoms with Crippen LogP contribution in [-0.4, -0.2) is 50.7 Å². The Bertz CT molecular complexity index is 937. The first-order valence-corrected chi connectivity index (χ1v) is 9.82. The van der Waals surface area contributed by atoms with Gasteiger partial charge in [0.25, 0.3) is 11.8 Å². The number of nitrogens with one attached hydrogen (secondary N) is 1. The summed E-state index contributed by atoms with van der Waals surface area (Å²) in [6.45, 7) is 3.21. The predicted molar refractivity (Wildman–Crippen MR) is 114 cm³/mol. The first kappa shape index (κ1) is 21.4. The van der Waals surface area contributed by atoms with Gasteiger partial charge < -0.3 is 19.5 Å². The topological polar surface area (TPSA) is 77.1 Å². The lowest BCUT2D eigenvalue weighted by molar-refractivity contribution is -0.136. The number of hydrogen-bond acceptors (Lipinski definition) is 6. The molecule has 0 spiro atoms. The molecule has 0 saturated carbocycles. The molecule has 1 N–H and O–H groups in total. The van der Waals surface area contributed by atoms with Crippen LogP contribution in [0.25, 0.3) is 5.57 Å². The largest absolute Gasteiger partial charge is 0.497 e. The molecule has 0 aliphatic carbocycles. The van der Waals surface area contributed by atoms with E-state index in [0.29, 0.717) is 48.0 Å². The lowest BCUT2D eigenvalue weighted by atomic mass is 10.0. The maximum atomic E-state index is 13.2. The number of hydrogen-bond donors (Lipinski definition) is 1. The van der Waals surface area contributed by atoms with E-state index in [0.717, 1.165) is 0 Å². The SMILES string of the molecule is CCOc1ccc(C2=C(Nc3cccc(OC)c3)C(=O)N(CCCOC)C2=O)cc1. The number of nitrogens with zero attached hydrogens (tertiary/aromatic N) is 1. The summed E-state index contributed by atoms with van der Waals surface area (Å²) in [6.07, 6.45) is 0.566. The summed E-state index contributed by atoms with van der Waals surface area (Å²) in [5.41, 5.74) is 1.89. The third kappa shape index (κ3) is 4.63. The maximum absolute atomic E-state index is 13.2. The van der Waals surface area contributed by atoms with Crippen molar-refractivity contribution in [1.82, 2.24) is 4.90 Å². The van der Waals surface area contributed by atoms with E-state index < -0.39 is 0 Å². The summed E-state index contributed by atoms with van der Waals surface area (Å²) in [6, 6.07) is 14.4. The van der Waals surface area contributed by atoms with E-state index >= 15 is 0 Å². The van der Waals surface area contributed by atoms with Gasteiger partial charge in [-0.2, -0.15) is 0 Å². The zero-order valence-corrected chi connectivity index (χ0v) is 17.4. The molecule has 3 rings (SSSR count). The summed E-state index contributed by atoms with van der Waals surface area (Å²) in [7, 11) is 3.17. The van der Waals surface area contributed by atoms with E-state index in [1.165, 1.54) is 4.90 Å². The molecule has 1 aliphatic heterocycles. The van der Waals surface area contributed by atoms with Gasteiger partial charge in [-0.3, -0.25) is 14.5 Å². The predicted octanol–water partition coefficient (Wildman–Crippen LogP) is 3.32. The second-order valence-electron chi connectivity index (χ2n) is 6.67. The van der Waals surface area contributed by atoms with Gasteiger partial charge in [0.15, 0.2) is 0 Å².